The molecular weight excluding hydrogens is 561 g/mol. The van der Waals surface area contributed by atoms with Crippen molar-refractivity contribution in [3.8, 4) is 0 Å². The quantitative estimate of drug-likeness (QED) is 0.235. The molecule has 0 aliphatic carbocycles. The van der Waals surface area contributed by atoms with E-state index in [1.165, 1.54) is 34.6 Å². The molecule has 0 radical (unpaired) electrons. The predicted molar refractivity (Wildman–Crippen MR) is 149 cm³/mol. The smallest absolute Gasteiger partial charge is 0.341 e. The largest absolute Gasteiger partial charge is 0.416 e. The van der Waals surface area contributed by atoms with Crippen molar-refractivity contribution in [2.75, 3.05) is 31.1 Å². The van der Waals surface area contributed by atoms with Gasteiger partial charge in [0.2, 0.25) is 10.0 Å². The van der Waals surface area contributed by atoms with Crippen molar-refractivity contribution in [2.45, 2.75) is 56.3 Å². The van der Waals surface area contributed by atoms with Crippen molar-refractivity contribution in [1.82, 2.24) is 9.21 Å². The van der Waals surface area contributed by atoms with Crippen molar-refractivity contribution in [1.29, 1.82) is 0 Å². The van der Waals surface area contributed by atoms with Crippen LogP contribution in [0.1, 0.15) is 38.7 Å². The van der Waals surface area contributed by atoms with Gasteiger partial charge < -0.3 is 9.80 Å². The van der Waals surface area contributed by atoms with Crippen molar-refractivity contribution in [3.63, 3.8) is 0 Å². The Morgan fingerprint density at radius 1 is 0.927 bits per heavy atom. The summed E-state index contributed by atoms with van der Waals surface area (Å²) < 4.78 is 95.5. The second-order valence-electron chi connectivity index (χ2n) is 10.5. The van der Waals surface area contributed by atoms with Crippen LogP contribution in [0.5, 0.6) is 0 Å². The van der Waals surface area contributed by atoms with E-state index in [4.69, 9.17) is 0 Å². The summed E-state index contributed by atoms with van der Waals surface area (Å²) in [5, 5.41) is 0. The Hall–Kier alpha value is -3.02. The Kier molecular flexibility index (Phi) is 9.71. The van der Waals surface area contributed by atoms with E-state index in [-0.39, 0.29) is 16.5 Å². The molecular formula is C30H34F5N3O2S. The van der Waals surface area contributed by atoms with Gasteiger partial charge in [-0.15, -0.1) is 0 Å². The summed E-state index contributed by atoms with van der Waals surface area (Å²) in [5.74, 6) is -0.719. The van der Waals surface area contributed by atoms with E-state index in [1.807, 2.05) is 4.90 Å². The average Bonchev–Trinajstić information content (AvgIpc) is 2.92. The number of sulfonamides is 1. The molecule has 0 aromatic heterocycles. The highest BCUT2D eigenvalue weighted by Crippen LogP contribution is 2.33. The van der Waals surface area contributed by atoms with Crippen LogP contribution in [0.4, 0.5) is 33.3 Å². The van der Waals surface area contributed by atoms with Gasteiger partial charge in [0, 0.05) is 36.5 Å². The molecule has 5 nitrogen and oxygen atoms in total. The number of hydrogen-bond donors (Lipinski definition) is 0. The molecule has 1 aliphatic heterocycles. The van der Waals surface area contributed by atoms with Crippen molar-refractivity contribution in [2.24, 2.45) is 0 Å². The van der Waals surface area contributed by atoms with Crippen LogP contribution in [-0.2, 0) is 16.2 Å². The molecule has 1 fully saturated rings. The van der Waals surface area contributed by atoms with E-state index < -0.39 is 33.8 Å². The third-order valence-corrected chi connectivity index (χ3v) is 9.34. The molecule has 0 N–H and O–H groups in total. The molecule has 3 aromatic carbocycles. The summed E-state index contributed by atoms with van der Waals surface area (Å²) >= 11 is 0. The van der Waals surface area contributed by atoms with Gasteiger partial charge in [-0.2, -0.15) is 17.5 Å². The van der Waals surface area contributed by atoms with Gasteiger partial charge in [-0.25, -0.2) is 17.2 Å². The molecule has 0 bridgehead atoms. The maximum absolute atomic E-state index is 13.6. The minimum absolute atomic E-state index is 0.359. The van der Waals surface area contributed by atoms with Crippen LogP contribution in [0, 0.1) is 11.6 Å². The maximum atomic E-state index is 13.6. The van der Waals surface area contributed by atoms with E-state index >= 15 is 0 Å². The zero-order chi connectivity index (χ0) is 29.8. The van der Waals surface area contributed by atoms with Crippen LogP contribution in [0.2, 0.25) is 0 Å². The number of benzene rings is 3. The maximum Gasteiger partial charge on any atom is 0.416 e. The zero-order valence-electron chi connectivity index (χ0n) is 23.0. The number of alkyl halides is 3. The van der Waals surface area contributed by atoms with Crippen molar-refractivity contribution >= 4 is 21.4 Å². The van der Waals surface area contributed by atoms with Crippen LogP contribution in [-0.4, -0.2) is 55.9 Å². The van der Waals surface area contributed by atoms with Gasteiger partial charge in [-0.1, -0.05) is 6.07 Å². The first kappa shape index (κ1) is 30.9. The Morgan fingerprint density at radius 2 is 1.51 bits per heavy atom. The molecule has 222 valence electrons. The molecule has 0 amide bonds. The van der Waals surface area contributed by atoms with Gasteiger partial charge in [0.25, 0.3) is 0 Å². The SMILES string of the molecule is CC(C)N(C1CCCN(CCCN(c2ccc(F)cc2)c2ccc(F)cc2)C1)S(=O)(=O)c1cccc(C(F)(F)F)c1. The topological polar surface area (TPSA) is 43.9 Å². The minimum Gasteiger partial charge on any atom is -0.341 e. The van der Waals surface area contributed by atoms with Gasteiger partial charge in [0.1, 0.15) is 11.6 Å². The van der Waals surface area contributed by atoms with Gasteiger partial charge in [0.05, 0.1) is 10.5 Å². The predicted octanol–water partition coefficient (Wildman–Crippen LogP) is 7.08. The van der Waals surface area contributed by atoms with E-state index in [2.05, 4.69) is 4.90 Å². The molecule has 1 saturated heterocycles. The fourth-order valence-electron chi connectivity index (χ4n) is 5.39. The summed E-state index contributed by atoms with van der Waals surface area (Å²) in [5.41, 5.74) is 0.514. The Bertz CT molecular complexity index is 1350. The molecule has 1 atom stereocenters. The molecule has 3 aromatic rings. The van der Waals surface area contributed by atoms with Crippen LogP contribution < -0.4 is 4.90 Å². The van der Waals surface area contributed by atoms with E-state index in [1.54, 1.807) is 38.1 Å². The van der Waals surface area contributed by atoms with E-state index in [9.17, 15) is 30.4 Å². The minimum atomic E-state index is -4.65. The first-order chi connectivity index (χ1) is 19.4. The molecule has 1 aliphatic rings. The monoisotopic (exact) mass is 595 g/mol. The van der Waals surface area contributed by atoms with Gasteiger partial charge >= 0.3 is 6.18 Å². The summed E-state index contributed by atoms with van der Waals surface area (Å²) in [6.07, 6.45) is -2.62. The van der Waals surface area contributed by atoms with Gasteiger partial charge in [-0.05, 0) is 113 Å². The second-order valence-corrected chi connectivity index (χ2v) is 12.4. The van der Waals surface area contributed by atoms with Crippen molar-refractivity contribution in [3.05, 3.63) is 90.0 Å². The first-order valence-electron chi connectivity index (χ1n) is 13.6. The summed E-state index contributed by atoms with van der Waals surface area (Å²) in [6.45, 7) is 5.86. The normalized spacial score (nSPS) is 16.9. The van der Waals surface area contributed by atoms with Crippen LogP contribution in [0.25, 0.3) is 0 Å². The number of halogens is 5. The highest BCUT2D eigenvalue weighted by atomic mass is 32.2. The standard InChI is InChI=1S/C30H34F5N3O2S/c1-22(2)38(41(39,40)29-8-3-6-23(20-29)30(33,34)35)28-7-4-17-36(21-28)18-5-19-37(26-13-9-24(31)10-14-26)27-15-11-25(32)12-16-27/h3,6,8-16,20,22,28H,4-5,7,17-19,21H2,1-2H3. The van der Waals surface area contributed by atoms with Crippen LogP contribution in [0.15, 0.2) is 77.7 Å². The molecule has 1 heterocycles. The fourth-order valence-corrected chi connectivity index (χ4v) is 7.28. The van der Waals surface area contributed by atoms with Crippen LogP contribution in [0.3, 0.4) is 0 Å². The molecule has 11 heteroatoms. The van der Waals surface area contributed by atoms with E-state index in [0.717, 1.165) is 36.5 Å². The lowest BCUT2D eigenvalue weighted by Crippen LogP contribution is -2.52. The number of likely N-dealkylation sites (tertiary alicyclic amines) is 1. The van der Waals surface area contributed by atoms with Crippen LogP contribution >= 0.6 is 0 Å². The second kappa shape index (κ2) is 12.9. The molecule has 1 unspecified atom stereocenters. The van der Waals surface area contributed by atoms with Gasteiger partial charge in [0.15, 0.2) is 0 Å². The van der Waals surface area contributed by atoms with E-state index in [0.29, 0.717) is 38.5 Å². The number of anilines is 2. The average molecular weight is 596 g/mol. The Balaban J connectivity index is 1.47. The third kappa shape index (κ3) is 7.64. The number of rotatable bonds is 10. The fraction of sp³-hybridized carbons (Fsp3) is 0.400. The highest BCUT2D eigenvalue weighted by molar-refractivity contribution is 7.89. The molecule has 0 spiro atoms. The van der Waals surface area contributed by atoms with Crippen molar-refractivity contribution < 1.29 is 30.4 Å². The summed E-state index contributed by atoms with van der Waals surface area (Å²) in [6, 6.07) is 15.2. The lowest BCUT2D eigenvalue weighted by Gasteiger charge is -2.40. The first-order valence-corrected chi connectivity index (χ1v) is 15.0. The Labute approximate surface area is 238 Å². The lowest BCUT2D eigenvalue weighted by molar-refractivity contribution is -0.137. The number of nitrogens with zero attached hydrogens (tertiary/aromatic N) is 3. The molecule has 4 rings (SSSR count). The summed E-state index contributed by atoms with van der Waals surface area (Å²) in [7, 11) is -4.18. The summed E-state index contributed by atoms with van der Waals surface area (Å²) in [4.78, 5) is 3.77. The number of hydrogen-bond acceptors (Lipinski definition) is 4. The van der Waals surface area contributed by atoms with Gasteiger partial charge in [-0.3, -0.25) is 0 Å². The Morgan fingerprint density at radius 3 is 2.05 bits per heavy atom. The number of piperidine rings is 1. The zero-order valence-corrected chi connectivity index (χ0v) is 23.8. The molecule has 41 heavy (non-hydrogen) atoms. The lowest BCUT2D eigenvalue weighted by atomic mass is 10.0. The molecule has 0 saturated carbocycles. The third-order valence-electron chi connectivity index (χ3n) is 7.22. The highest BCUT2D eigenvalue weighted by Gasteiger charge is 2.38.